The summed E-state index contributed by atoms with van der Waals surface area (Å²) in [7, 11) is 1.52. The Balaban J connectivity index is 1.68. The highest BCUT2D eigenvalue weighted by atomic mass is 19.4. The minimum absolute atomic E-state index is 0.00241. The minimum atomic E-state index is -4.74. The number of aliphatic hydroxyl groups is 1. The molecule has 3 aromatic carbocycles. The lowest BCUT2D eigenvalue weighted by molar-refractivity contribution is -0.137. The zero-order chi connectivity index (χ0) is 30.3. The molecule has 1 amide bonds. The number of aromatic nitrogens is 3. The van der Waals surface area contributed by atoms with Crippen molar-refractivity contribution in [3.8, 4) is 5.75 Å². The van der Waals surface area contributed by atoms with Crippen molar-refractivity contribution in [2.45, 2.75) is 32.4 Å². The van der Waals surface area contributed by atoms with Gasteiger partial charge < -0.3 is 19.3 Å². The Morgan fingerprint density at radius 3 is 2.36 bits per heavy atom. The molecule has 4 rings (SSSR count). The molecule has 0 aliphatic carbocycles. The van der Waals surface area contributed by atoms with Gasteiger partial charge in [0, 0.05) is 5.56 Å². The van der Waals surface area contributed by atoms with Gasteiger partial charge in [-0.25, -0.2) is 14.3 Å². The summed E-state index contributed by atoms with van der Waals surface area (Å²) in [5.74, 6) is -0.238. The van der Waals surface area contributed by atoms with Gasteiger partial charge in [0.2, 0.25) is 0 Å². The second-order valence-electron chi connectivity index (χ2n) is 8.94. The van der Waals surface area contributed by atoms with E-state index in [-0.39, 0.29) is 36.7 Å². The Kier molecular flexibility index (Phi) is 9.42. The number of hydrogen-bond acceptors (Lipinski definition) is 8. The number of anilines is 1. The van der Waals surface area contributed by atoms with Crippen molar-refractivity contribution in [2.75, 3.05) is 19.0 Å². The van der Waals surface area contributed by atoms with Gasteiger partial charge in [-0.05, 0) is 42.3 Å². The fourth-order valence-corrected chi connectivity index (χ4v) is 4.03. The first-order valence-corrected chi connectivity index (χ1v) is 12.7. The second kappa shape index (κ2) is 13.2. The number of esters is 1. The number of carbonyl (C=O) groups is 2. The third-order valence-electron chi connectivity index (χ3n) is 6.11. The SMILES string of the molecule is CCOC(=O)c1c(C(O)c2ccc(C(F)(F)F)cc2NC(=O)OCc2ccccc2)nnn1Cc1ccc(OC)cc1. The maximum atomic E-state index is 13.5. The molecule has 0 aliphatic heterocycles. The van der Waals surface area contributed by atoms with Crippen LogP contribution >= 0.6 is 0 Å². The predicted octanol–water partition coefficient (Wildman–Crippen LogP) is 5.36. The van der Waals surface area contributed by atoms with Crippen molar-refractivity contribution in [3.63, 3.8) is 0 Å². The van der Waals surface area contributed by atoms with Crippen molar-refractivity contribution in [2.24, 2.45) is 0 Å². The highest BCUT2D eigenvalue weighted by Crippen LogP contribution is 2.36. The second-order valence-corrected chi connectivity index (χ2v) is 8.94. The normalized spacial score (nSPS) is 12.0. The Morgan fingerprint density at radius 1 is 1.00 bits per heavy atom. The van der Waals surface area contributed by atoms with Crippen molar-refractivity contribution < 1.29 is 42.1 Å². The minimum Gasteiger partial charge on any atom is -0.497 e. The molecular formula is C29H27F3N4O6. The molecule has 0 bridgehead atoms. The maximum Gasteiger partial charge on any atom is 0.416 e. The summed E-state index contributed by atoms with van der Waals surface area (Å²) >= 11 is 0. The van der Waals surface area contributed by atoms with Gasteiger partial charge in [-0.15, -0.1) is 5.10 Å². The molecule has 220 valence electrons. The number of carbonyl (C=O) groups excluding carboxylic acids is 2. The molecule has 0 radical (unpaired) electrons. The number of nitrogens with one attached hydrogen (secondary N) is 1. The zero-order valence-electron chi connectivity index (χ0n) is 22.6. The Bertz CT molecular complexity index is 1520. The average Bonchev–Trinajstić information content (AvgIpc) is 3.40. The van der Waals surface area contributed by atoms with Crippen LogP contribution in [-0.4, -0.2) is 45.9 Å². The van der Waals surface area contributed by atoms with Crippen LogP contribution in [0.2, 0.25) is 0 Å². The van der Waals surface area contributed by atoms with Crippen LogP contribution in [0.25, 0.3) is 0 Å². The van der Waals surface area contributed by atoms with E-state index in [4.69, 9.17) is 14.2 Å². The molecule has 1 heterocycles. The first-order valence-electron chi connectivity index (χ1n) is 12.7. The van der Waals surface area contributed by atoms with Gasteiger partial charge in [-0.3, -0.25) is 5.32 Å². The van der Waals surface area contributed by atoms with Crippen molar-refractivity contribution in [1.29, 1.82) is 0 Å². The van der Waals surface area contributed by atoms with Crippen molar-refractivity contribution >= 4 is 17.7 Å². The molecule has 0 fully saturated rings. The molecule has 0 saturated carbocycles. The van der Waals surface area contributed by atoms with Gasteiger partial charge in [0.05, 0.1) is 31.5 Å². The van der Waals surface area contributed by atoms with E-state index >= 15 is 0 Å². The number of nitrogens with zero attached hydrogens (tertiary/aromatic N) is 3. The van der Waals surface area contributed by atoms with Crippen LogP contribution in [0.1, 0.15) is 51.5 Å². The molecule has 10 nitrogen and oxygen atoms in total. The fraction of sp³-hybridized carbons (Fsp3) is 0.241. The molecular weight excluding hydrogens is 557 g/mol. The average molecular weight is 585 g/mol. The Labute approximate surface area is 238 Å². The summed E-state index contributed by atoms with van der Waals surface area (Å²) < 4.78 is 57.3. The van der Waals surface area contributed by atoms with Crippen LogP contribution in [-0.2, 0) is 28.8 Å². The number of amides is 1. The molecule has 0 aliphatic rings. The number of halogens is 3. The van der Waals surface area contributed by atoms with E-state index in [9.17, 15) is 27.9 Å². The van der Waals surface area contributed by atoms with Crippen LogP contribution < -0.4 is 10.1 Å². The lowest BCUT2D eigenvalue weighted by atomic mass is 10.0. The lowest BCUT2D eigenvalue weighted by Gasteiger charge is -2.18. The predicted molar refractivity (Wildman–Crippen MR) is 144 cm³/mol. The topological polar surface area (TPSA) is 125 Å². The molecule has 1 aromatic heterocycles. The molecule has 1 unspecified atom stereocenters. The molecule has 4 aromatic rings. The third kappa shape index (κ3) is 7.23. The summed E-state index contributed by atoms with van der Waals surface area (Å²) in [5, 5.41) is 21.6. The Hall–Kier alpha value is -4.91. The Morgan fingerprint density at radius 2 is 1.71 bits per heavy atom. The number of alkyl halides is 3. The molecule has 1 atom stereocenters. The summed E-state index contributed by atoms with van der Waals surface area (Å²) in [6.07, 6.45) is -7.58. The number of methoxy groups -OCH3 is 1. The van der Waals surface area contributed by atoms with Gasteiger partial charge in [0.1, 0.15) is 24.2 Å². The summed E-state index contributed by atoms with van der Waals surface area (Å²) in [5.41, 5.74) is -0.767. The lowest BCUT2D eigenvalue weighted by Crippen LogP contribution is -2.19. The smallest absolute Gasteiger partial charge is 0.416 e. The zero-order valence-corrected chi connectivity index (χ0v) is 22.6. The highest BCUT2D eigenvalue weighted by molar-refractivity contribution is 5.89. The maximum absolute atomic E-state index is 13.5. The third-order valence-corrected chi connectivity index (χ3v) is 6.11. The molecule has 0 spiro atoms. The fourth-order valence-electron chi connectivity index (χ4n) is 4.03. The van der Waals surface area contributed by atoms with E-state index in [0.717, 1.165) is 12.1 Å². The van der Waals surface area contributed by atoms with Crippen molar-refractivity contribution in [1.82, 2.24) is 15.0 Å². The van der Waals surface area contributed by atoms with Crippen LogP contribution in [0.3, 0.4) is 0 Å². The van der Waals surface area contributed by atoms with E-state index in [2.05, 4.69) is 15.6 Å². The summed E-state index contributed by atoms with van der Waals surface area (Å²) in [4.78, 5) is 25.5. The number of hydrogen-bond donors (Lipinski definition) is 2. The highest BCUT2D eigenvalue weighted by Gasteiger charge is 2.34. The molecule has 2 N–H and O–H groups in total. The monoisotopic (exact) mass is 584 g/mol. The van der Waals surface area contributed by atoms with Gasteiger partial charge in [0.25, 0.3) is 0 Å². The van der Waals surface area contributed by atoms with E-state index in [0.29, 0.717) is 22.9 Å². The number of rotatable bonds is 10. The van der Waals surface area contributed by atoms with Crippen LogP contribution in [0.5, 0.6) is 5.75 Å². The van der Waals surface area contributed by atoms with Crippen LogP contribution in [0.4, 0.5) is 23.7 Å². The van der Waals surface area contributed by atoms with Gasteiger partial charge in [0.15, 0.2) is 5.69 Å². The van der Waals surface area contributed by atoms with E-state index in [1.54, 1.807) is 61.5 Å². The van der Waals surface area contributed by atoms with E-state index < -0.39 is 35.6 Å². The molecule has 0 saturated heterocycles. The van der Waals surface area contributed by atoms with E-state index in [1.165, 1.54) is 11.8 Å². The van der Waals surface area contributed by atoms with Crippen molar-refractivity contribution in [3.05, 3.63) is 106 Å². The van der Waals surface area contributed by atoms with Gasteiger partial charge in [-0.1, -0.05) is 53.7 Å². The van der Waals surface area contributed by atoms with Gasteiger partial charge >= 0.3 is 18.2 Å². The van der Waals surface area contributed by atoms with Gasteiger partial charge in [-0.2, -0.15) is 13.2 Å². The number of aliphatic hydroxyl groups excluding tert-OH is 1. The first-order chi connectivity index (χ1) is 20.1. The first kappa shape index (κ1) is 30.1. The van der Waals surface area contributed by atoms with E-state index in [1.807, 2.05) is 0 Å². The van der Waals surface area contributed by atoms with Crippen LogP contribution in [0, 0.1) is 0 Å². The standard InChI is InChI=1S/C29H27F3N4O6/c1-3-41-27(38)25-24(34-35-36(25)16-18-9-12-21(40-2)13-10-18)26(37)22-14-11-20(29(30,31)32)15-23(22)33-28(39)42-17-19-7-5-4-6-8-19/h4-15,26,37H,3,16-17H2,1-2H3,(H,33,39). The molecule has 13 heteroatoms. The van der Waals surface area contributed by atoms with Crippen LogP contribution in [0.15, 0.2) is 72.8 Å². The number of benzene rings is 3. The number of ether oxygens (including phenoxy) is 3. The summed E-state index contributed by atoms with van der Waals surface area (Å²) in [6.45, 7) is 1.50. The largest absolute Gasteiger partial charge is 0.497 e. The quantitative estimate of drug-likeness (QED) is 0.239. The summed E-state index contributed by atoms with van der Waals surface area (Å²) in [6, 6.07) is 18.0. The molecule has 42 heavy (non-hydrogen) atoms.